The highest BCUT2D eigenvalue weighted by molar-refractivity contribution is 7.52. The number of hydrogen-bond donors (Lipinski definition) is 3. The van der Waals surface area contributed by atoms with Gasteiger partial charge in [0.25, 0.3) is 5.91 Å². The summed E-state index contributed by atoms with van der Waals surface area (Å²) < 4.78 is 10.6. The van der Waals surface area contributed by atoms with Crippen molar-refractivity contribution in [2.24, 2.45) is 0 Å². The molecule has 84 valence electrons. The number of carbonyl (C=O) groups excluding carboxylic acids is 2. The molecule has 0 aliphatic carbocycles. The van der Waals surface area contributed by atoms with Gasteiger partial charge in [0.1, 0.15) is 17.5 Å². The van der Waals surface area contributed by atoms with Gasteiger partial charge in [0.2, 0.25) is 0 Å². The summed E-state index contributed by atoms with van der Waals surface area (Å²) in [5.74, 6) is -2.19. The first-order valence-electron chi connectivity index (χ1n) is 3.97. The van der Waals surface area contributed by atoms with Crippen molar-refractivity contribution in [2.45, 2.75) is 0 Å². The maximum atomic E-state index is 11.3. The van der Waals surface area contributed by atoms with Gasteiger partial charge in [-0.3, -0.25) is 14.2 Å². The zero-order valence-electron chi connectivity index (χ0n) is 7.88. The van der Waals surface area contributed by atoms with Gasteiger partial charge in [0.15, 0.2) is 5.78 Å². The Morgan fingerprint density at radius 1 is 1.47 bits per heavy atom. The van der Waals surface area contributed by atoms with E-state index in [1.807, 2.05) is 0 Å². The molecule has 1 amide bonds. The van der Waals surface area contributed by atoms with E-state index in [4.69, 9.17) is 9.79 Å². The van der Waals surface area contributed by atoms with E-state index in [-0.39, 0.29) is 6.54 Å². The second-order valence-corrected chi connectivity index (χ2v) is 4.87. The average molecular weight is 235 g/mol. The second-order valence-electron chi connectivity index (χ2n) is 3.23. The Bertz CT molecular complexity index is 394. The van der Waals surface area contributed by atoms with Crippen LogP contribution < -0.4 is 0 Å². The number of rotatable bonds is 2. The molecule has 1 fully saturated rings. The summed E-state index contributed by atoms with van der Waals surface area (Å²) in [6.45, 7) is -0.181. The summed E-state index contributed by atoms with van der Waals surface area (Å²) in [4.78, 5) is 40.7. The minimum Gasteiger partial charge on any atom is -0.511 e. The quantitative estimate of drug-likeness (QED) is 0.245. The largest absolute Gasteiger partial charge is 0.511 e. The Morgan fingerprint density at radius 2 is 2.00 bits per heavy atom. The van der Waals surface area contributed by atoms with E-state index in [0.717, 1.165) is 4.90 Å². The number of allylic oxidation sites excluding steroid dienone is 1. The number of ketones is 1. The molecular weight excluding hydrogens is 225 g/mol. The molecule has 0 aromatic rings. The molecule has 1 aliphatic heterocycles. The smallest absolute Gasteiger partial charge is 0.333 e. The number of carbonyl (C=O) groups is 2. The maximum absolute atomic E-state index is 11.3. The Hall–Kier alpha value is -1.17. The molecule has 8 heteroatoms. The van der Waals surface area contributed by atoms with Crippen LogP contribution in [0.15, 0.2) is 11.3 Å². The van der Waals surface area contributed by atoms with Crippen LogP contribution in [0.5, 0.6) is 0 Å². The van der Waals surface area contributed by atoms with Gasteiger partial charge < -0.3 is 19.8 Å². The van der Waals surface area contributed by atoms with Gasteiger partial charge in [-0.25, -0.2) is 0 Å². The standard InChI is InChI=1S/C7H10NO6P/c1-8-2-4(9)6(7(8)11)5(10)3-15(12,13)14/h10H,2-3H2,1H3,(H2,12,13,14)/b6-5-. The third-order valence-electron chi connectivity index (χ3n) is 1.86. The molecule has 0 aromatic carbocycles. The summed E-state index contributed by atoms with van der Waals surface area (Å²) in [7, 11) is -3.12. The van der Waals surface area contributed by atoms with Gasteiger partial charge >= 0.3 is 7.60 Å². The van der Waals surface area contributed by atoms with Crippen molar-refractivity contribution in [2.75, 3.05) is 19.8 Å². The van der Waals surface area contributed by atoms with Crippen molar-refractivity contribution in [3.63, 3.8) is 0 Å². The summed E-state index contributed by atoms with van der Waals surface area (Å²) in [5.41, 5.74) is -0.527. The monoisotopic (exact) mass is 235 g/mol. The van der Waals surface area contributed by atoms with Crippen molar-refractivity contribution >= 4 is 19.3 Å². The average Bonchev–Trinajstić information content (AvgIpc) is 2.22. The van der Waals surface area contributed by atoms with E-state index in [2.05, 4.69) is 0 Å². The van der Waals surface area contributed by atoms with Crippen LogP contribution >= 0.6 is 7.60 Å². The Kier molecular flexibility index (Phi) is 2.99. The zero-order valence-corrected chi connectivity index (χ0v) is 8.77. The minimum atomic E-state index is -4.48. The number of Topliss-reactive ketones (excluding diaryl/α,β-unsaturated/α-hetero) is 1. The molecule has 0 radical (unpaired) electrons. The molecule has 1 rings (SSSR count). The van der Waals surface area contributed by atoms with Gasteiger partial charge in [-0.1, -0.05) is 0 Å². The van der Waals surface area contributed by atoms with Crippen molar-refractivity contribution in [3.8, 4) is 0 Å². The van der Waals surface area contributed by atoms with Gasteiger partial charge in [-0.2, -0.15) is 0 Å². The van der Waals surface area contributed by atoms with Crippen LogP contribution in [-0.2, 0) is 14.2 Å². The van der Waals surface area contributed by atoms with Crippen LogP contribution in [0.25, 0.3) is 0 Å². The second kappa shape index (κ2) is 3.77. The molecule has 0 bridgehead atoms. The van der Waals surface area contributed by atoms with E-state index in [9.17, 15) is 19.3 Å². The predicted octanol–water partition coefficient (Wildman–Crippen LogP) is -0.983. The molecular formula is C7H10NO6P. The van der Waals surface area contributed by atoms with Gasteiger partial charge in [0, 0.05) is 7.05 Å². The van der Waals surface area contributed by atoms with E-state index in [1.54, 1.807) is 0 Å². The Morgan fingerprint density at radius 3 is 2.33 bits per heavy atom. The van der Waals surface area contributed by atoms with Gasteiger partial charge in [0.05, 0.1) is 6.54 Å². The third kappa shape index (κ3) is 2.65. The number of aliphatic hydroxyl groups excluding tert-OH is 1. The SMILES string of the molecule is CN1CC(=O)/C(=C(/O)CP(=O)(O)O)C1=O. The van der Waals surface area contributed by atoms with Gasteiger partial charge in [-0.05, 0) is 0 Å². The third-order valence-corrected chi connectivity index (χ3v) is 2.58. The number of likely N-dealkylation sites (tertiary alicyclic amines) is 1. The van der Waals surface area contributed by atoms with E-state index < -0.39 is 36.8 Å². The molecule has 0 saturated carbocycles. The number of amides is 1. The number of hydrogen-bond acceptors (Lipinski definition) is 4. The van der Waals surface area contributed by atoms with Crippen LogP contribution in [0, 0.1) is 0 Å². The lowest BCUT2D eigenvalue weighted by Crippen LogP contribution is -2.20. The first kappa shape index (κ1) is 11.9. The molecule has 3 N–H and O–H groups in total. The number of nitrogens with zero attached hydrogens (tertiary/aromatic N) is 1. The van der Waals surface area contributed by atoms with Crippen LogP contribution in [0.2, 0.25) is 0 Å². The molecule has 0 aromatic heterocycles. The van der Waals surface area contributed by atoms with Gasteiger partial charge in [-0.15, -0.1) is 0 Å². The van der Waals surface area contributed by atoms with Crippen LogP contribution in [0.4, 0.5) is 0 Å². The van der Waals surface area contributed by atoms with Crippen molar-refractivity contribution in [1.82, 2.24) is 4.90 Å². The summed E-state index contributed by atoms with van der Waals surface area (Å²) in [5, 5.41) is 9.26. The molecule has 1 saturated heterocycles. The van der Waals surface area contributed by atoms with Crippen LogP contribution in [0.3, 0.4) is 0 Å². The predicted molar refractivity (Wildman–Crippen MR) is 49.2 cm³/mol. The molecule has 1 aliphatic rings. The lowest BCUT2D eigenvalue weighted by molar-refractivity contribution is -0.123. The molecule has 0 unspecified atom stereocenters. The normalized spacial score (nSPS) is 21.1. The first-order valence-corrected chi connectivity index (χ1v) is 5.77. The summed E-state index contributed by atoms with van der Waals surface area (Å²) in [6, 6.07) is 0. The van der Waals surface area contributed by atoms with E-state index in [0.29, 0.717) is 0 Å². The fraction of sp³-hybridized carbons (Fsp3) is 0.429. The lowest BCUT2D eigenvalue weighted by atomic mass is 10.2. The minimum absolute atomic E-state index is 0.181. The summed E-state index contributed by atoms with van der Waals surface area (Å²) >= 11 is 0. The maximum Gasteiger partial charge on any atom is 0.333 e. The highest BCUT2D eigenvalue weighted by Gasteiger charge is 2.35. The van der Waals surface area contributed by atoms with Crippen molar-refractivity contribution in [3.05, 3.63) is 11.3 Å². The van der Waals surface area contributed by atoms with Crippen molar-refractivity contribution in [1.29, 1.82) is 0 Å². The van der Waals surface area contributed by atoms with E-state index >= 15 is 0 Å². The highest BCUT2D eigenvalue weighted by Crippen LogP contribution is 2.37. The fourth-order valence-corrected chi connectivity index (χ4v) is 1.78. The number of aliphatic hydroxyl groups is 1. The molecule has 0 spiro atoms. The van der Waals surface area contributed by atoms with Crippen LogP contribution in [0.1, 0.15) is 0 Å². The molecule has 7 nitrogen and oxygen atoms in total. The van der Waals surface area contributed by atoms with E-state index in [1.165, 1.54) is 7.05 Å². The molecule has 15 heavy (non-hydrogen) atoms. The first-order chi connectivity index (χ1) is 6.72. The Balaban J connectivity index is 3.04. The lowest BCUT2D eigenvalue weighted by Gasteiger charge is -2.06. The fourth-order valence-electron chi connectivity index (χ4n) is 1.23. The highest BCUT2D eigenvalue weighted by atomic mass is 31.2. The molecule has 1 heterocycles. The number of likely N-dealkylation sites (N-methyl/N-ethyl adjacent to an activating group) is 1. The van der Waals surface area contributed by atoms with Crippen LogP contribution in [-0.4, -0.2) is 51.2 Å². The topological polar surface area (TPSA) is 115 Å². The Labute approximate surface area is 85.2 Å². The molecule has 0 atom stereocenters. The zero-order chi connectivity index (χ0) is 11.8. The summed E-state index contributed by atoms with van der Waals surface area (Å²) in [6.07, 6.45) is -0.992. The van der Waals surface area contributed by atoms with Crippen molar-refractivity contribution < 1.29 is 29.0 Å².